The van der Waals surface area contributed by atoms with E-state index < -0.39 is 0 Å². The number of ether oxygens (including phenoxy) is 2. The van der Waals surface area contributed by atoms with Crippen LogP contribution in [0.5, 0.6) is 0 Å². The summed E-state index contributed by atoms with van der Waals surface area (Å²) in [6.07, 6.45) is 3.74. The van der Waals surface area contributed by atoms with Gasteiger partial charge in [-0.2, -0.15) is 0 Å². The molecule has 2 saturated carbocycles. The Bertz CT molecular complexity index is 367. The van der Waals surface area contributed by atoms with Crippen LogP contribution in [0.3, 0.4) is 0 Å². The van der Waals surface area contributed by atoms with E-state index in [-0.39, 0.29) is 11.5 Å². The summed E-state index contributed by atoms with van der Waals surface area (Å²) in [6.45, 7) is 11.8. The molecule has 4 atom stereocenters. The SMILES string of the molecule is CC1(C)[C@H]2CC[C@]1(C)[C@H](OC[C@H](O)CN1CCOCC1)C2. The Kier molecular flexibility index (Phi) is 4.34. The summed E-state index contributed by atoms with van der Waals surface area (Å²) in [4.78, 5) is 2.27. The first-order valence-electron chi connectivity index (χ1n) is 8.53. The molecule has 1 saturated heterocycles. The maximum Gasteiger partial charge on any atom is 0.0900 e. The van der Waals surface area contributed by atoms with Gasteiger partial charge in [-0.05, 0) is 36.0 Å². The van der Waals surface area contributed by atoms with E-state index in [1.54, 1.807) is 0 Å². The van der Waals surface area contributed by atoms with Crippen molar-refractivity contribution < 1.29 is 14.6 Å². The van der Waals surface area contributed by atoms with Gasteiger partial charge in [0.15, 0.2) is 0 Å². The fraction of sp³-hybridized carbons (Fsp3) is 1.00. The Morgan fingerprint density at radius 2 is 2.00 bits per heavy atom. The molecule has 0 spiro atoms. The molecular formula is C17H31NO3. The molecule has 0 amide bonds. The van der Waals surface area contributed by atoms with Crippen LogP contribution in [0, 0.1) is 16.7 Å². The monoisotopic (exact) mass is 297 g/mol. The van der Waals surface area contributed by atoms with Crippen LogP contribution in [-0.4, -0.2) is 61.7 Å². The molecule has 2 bridgehead atoms. The fourth-order valence-corrected chi connectivity index (χ4v) is 4.74. The minimum absolute atomic E-state index is 0.288. The van der Waals surface area contributed by atoms with Gasteiger partial charge < -0.3 is 14.6 Å². The molecular weight excluding hydrogens is 266 g/mol. The first kappa shape index (κ1) is 15.7. The molecule has 0 aromatic rings. The highest BCUT2D eigenvalue weighted by molar-refractivity contribution is 5.11. The van der Waals surface area contributed by atoms with Crippen LogP contribution in [0.25, 0.3) is 0 Å². The third-order valence-electron chi connectivity index (χ3n) is 6.78. The van der Waals surface area contributed by atoms with Crippen LogP contribution in [0.4, 0.5) is 0 Å². The first-order chi connectivity index (χ1) is 9.93. The smallest absolute Gasteiger partial charge is 0.0900 e. The van der Waals surface area contributed by atoms with E-state index in [1.165, 1.54) is 19.3 Å². The van der Waals surface area contributed by atoms with Crippen molar-refractivity contribution in [3.05, 3.63) is 0 Å². The maximum absolute atomic E-state index is 10.2. The summed E-state index contributed by atoms with van der Waals surface area (Å²) in [5.74, 6) is 0.795. The van der Waals surface area contributed by atoms with Crippen molar-refractivity contribution in [1.82, 2.24) is 4.90 Å². The average molecular weight is 297 g/mol. The van der Waals surface area contributed by atoms with Gasteiger partial charge in [0.1, 0.15) is 0 Å². The number of rotatable bonds is 5. The van der Waals surface area contributed by atoms with Gasteiger partial charge in [0, 0.05) is 19.6 Å². The Hall–Kier alpha value is -0.160. The second-order valence-electron chi connectivity index (χ2n) is 8.00. The topological polar surface area (TPSA) is 41.9 Å². The molecule has 1 N–H and O–H groups in total. The molecule has 4 nitrogen and oxygen atoms in total. The number of hydrogen-bond acceptors (Lipinski definition) is 4. The highest BCUT2D eigenvalue weighted by Gasteiger charge is 2.61. The zero-order chi connectivity index (χ0) is 15.1. The normalized spacial score (nSPS) is 40.6. The van der Waals surface area contributed by atoms with Gasteiger partial charge in [0.25, 0.3) is 0 Å². The average Bonchev–Trinajstić information content (AvgIpc) is 2.79. The van der Waals surface area contributed by atoms with Gasteiger partial charge in [-0.3, -0.25) is 4.90 Å². The standard InChI is InChI=1S/C17H31NO3/c1-16(2)13-4-5-17(16,3)15(10-13)21-12-14(19)11-18-6-8-20-9-7-18/h13-15,19H,4-12H2,1-3H3/t13-,14+,15+,17+/m0/s1. The number of morpholine rings is 1. The van der Waals surface area contributed by atoms with E-state index in [4.69, 9.17) is 9.47 Å². The summed E-state index contributed by atoms with van der Waals surface area (Å²) < 4.78 is 11.5. The number of fused-ring (bicyclic) bond motifs is 2. The van der Waals surface area contributed by atoms with Crippen LogP contribution < -0.4 is 0 Å². The minimum atomic E-state index is -0.381. The Balaban J connectivity index is 1.47. The fourth-order valence-electron chi connectivity index (χ4n) is 4.74. The van der Waals surface area contributed by atoms with Crippen molar-refractivity contribution in [3.63, 3.8) is 0 Å². The lowest BCUT2D eigenvalue weighted by Crippen LogP contribution is -2.43. The van der Waals surface area contributed by atoms with Gasteiger partial charge in [-0.15, -0.1) is 0 Å². The number of hydrogen-bond donors (Lipinski definition) is 1. The van der Waals surface area contributed by atoms with E-state index in [1.807, 2.05) is 0 Å². The van der Waals surface area contributed by atoms with Crippen molar-refractivity contribution in [2.24, 2.45) is 16.7 Å². The van der Waals surface area contributed by atoms with Gasteiger partial charge in [-0.25, -0.2) is 0 Å². The van der Waals surface area contributed by atoms with Crippen LogP contribution in [0.2, 0.25) is 0 Å². The van der Waals surface area contributed by atoms with Crippen molar-refractivity contribution in [3.8, 4) is 0 Å². The first-order valence-corrected chi connectivity index (χ1v) is 8.53. The Labute approximate surface area is 128 Å². The van der Waals surface area contributed by atoms with E-state index in [2.05, 4.69) is 25.7 Å². The molecule has 21 heavy (non-hydrogen) atoms. The van der Waals surface area contributed by atoms with E-state index in [9.17, 15) is 5.11 Å². The third-order valence-corrected chi connectivity index (χ3v) is 6.78. The molecule has 3 aliphatic rings. The quantitative estimate of drug-likeness (QED) is 0.842. The molecule has 3 fully saturated rings. The molecule has 1 aliphatic heterocycles. The lowest BCUT2D eigenvalue weighted by atomic mass is 9.70. The molecule has 122 valence electrons. The van der Waals surface area contributed by atoms with Gasteiger partial charge in [0.2, 0.25) is 0 Å². The molecule has 2 aliphatic carbocycles. The zero-order valence-electron chi connectivity index (χ0n) is 13.8. The molecule has 1 heterocycles. The van der Waals surface area contributed by atoms with E-state index in [0.29, 0.717) is 24.7 Å². The highest BCUT2D eigenvalue weighted by atomic mass is 16.5. The molecule has 3 rings (SSSR count). The highest BCUT2D eigenvalue weighted by Crippen LogP contribution is 2.66. The summed E-state index contributed by atoms with van der Waals surface area (Å²) in [7, 11) is 0. The number of β-amino-alcohol motifs (C(OH)–C–C–N with tert-alkyl or cyclic N) is 1. The predicted molar refractivity (Wildman–Crippen MR) is 82.2 cm³/mol. The number of aliphatic hydroxyl groups excluding tert-OH is 1. The zero-order valence-corrected chi connectivity index (χ0v) is 13.8. The summed E-state index contributed by atoms with van der Waals surface area (Å²) in [5, 5.41) is 10.2. The van der Waals surface area contributed by atoms with E-state index in [0.717, 1.165) is 32.2 Å². The van der Waals surface area contributed by atoms with Gasteiger partial charge in [-0.1, -0.05) is 20.8 Å². The van der Waals surface area contributed by atoms with Crippen LogP contribution in [0.15, 0.2) is 0 Å². The lowest BCUT2D eigenvalue weighted by Gasteiger charge is -2.39. The molecule has 0 aromatic carbocycles. The second kappa shape index (κ2) is 5.80. The summed E-state index contributed by atoms with van der Waals surface area (Å²) >= 11 is 0. The van der Waals surface area contributed by atoms with Crippen molar-refractivity contribution >= 4 is 0 Å². The van der Waals surface area contributed by atoms with Crippen molar-refractivity contribution in [1.29, 1.82) is 0 Å². The molecule has 0 aromatic heterocycles. The Morgan fingerprint density at radius 3 is 2.57 bits per heavy atom. The molecule has 4 heteroatoms. The maximum atomic E-state index is 10.2. The minimum Gasteiger partial charge on any atom is -0.389 e. The molecule has 0 unspecified atom stereocenters. The van der Waals surface area contributed by atoms with Crippen LogP contribution in [0.1, 0.15) is 40.0 Å². The van der Waals surface area contributed by atoms with Gasteiger partial charge in [0.05, 0.1) is 32.0 Å². The Morgan fingerprint density at radius 1 is 1.29 bits per heavy atom. The number of nitrogens with zero attached hydrogens (tertiary/aromatic N) is 1. The predicted octanol–water partition coefficient (Wildman–Crippen LogP) is 1.91. The third kappa shape index (κ3) is 2.76. The molecule has 0 radical (unpaired) electrons. The number of aliphatic hydroxyl groups is 1. The summed E-state index contributed by atoms with van der Waals surface area (Å²) in [6, 6.07) is 0. The largest absolute Gasteiger partial charge is 0.389 e. The van der Waals surface area contributed by atoms with Crippen LogP contribution >= 0.6 is 0 Å². The van der Waals surface area contributed by atoms with Gasteiger partial charge >= 0.3 is 0 Å². The van der Waals surface area contributed by atoms with Crippen LogP contribution in [-0.2, 0) is 9.47 Å². The lowest BCUT2D eigenvalue weighted by molar-refractivity contribution is -0.0831. The second-order valence-corrected chi connectivity index (χ2v) is 8.00. The van der Waals surface area contributed by atoms with Crippen molar-refractivity contribution in [2.45, 2.75) is 52.2 Å². The summed E-state index contributed by atoms with van der Waals surface area (Å²) in [5.41, 5.74) is 0.670. The van der Waals surface area contributed by atoms with E-state index >= 15 is 0 Å². The van der Waals surface area contributed by atoms with Crippen molar-refractivity contribution in [2.75, 3.05) is 39.5 Å².